The number of phenolic OH excluding ortho intramolecular Hbond substituents is 1. The van der Waals surface area contributed by atoms with E-state index in [1.54, 1.807) is 28.8 Å². The number of nitrogens with zero attached hydrogens (tertiary/aromatic N) is 3. The van der Waals surface area contributed by atoms with Crippen molar-refractivity contribution in [2.75, 3.05) is 11.6 Å². The molecule has 0 saturated carbocycles. The summed E-state index contributed by atoms with van der Waals surface area (Å²) in [5, 5.41) is 9.93. The number of aromatic nitrogens is 1. The smallest absolute Gasteiger partial charge is 0.271 e. The highest BCUT2D eigenvalue weighted by molar-refractivity contribution is 7.07. The molecule has 0 aliphatic carbocycles. The highest BCUT2D eigenvalue weighted by atomic mass is 32.1. The number of benzene rings is 2. The number of hydrogen-bond donors (Lipinski definition) is 1. The number of aryl methyl sites for hydroxylation is 1. The van der Waals surface area contributed by atoms with Crippen LogP contribution in [0.1, 0.15) is 18.1 Å². The van der Waals surface area contributed by atoms with Crippen LogP contribution in [0.15, 0.2) is 58.3 Å². The number of para-hydroxylation sites is 1. The van der Waals surface area contributed by atoms with E-state index in [0.717, 1.165) is 16.9 Å². The van der Waals surface area contributed by atoms with Crippen LogP contribution in [0, 0.1) is 0 Å². The number of aromatic hydroxyl groups is 1. The van der Waals surface area contributed by atoms with Gasteiger partial charge in [0.1, 0.15) is 19.1 Å². The molecule has 132 valence electrons. The second-order valence-corrected chi connectivity index (χ2v) is 7.20. The summed E-state index contributed by atoms with van der Waals surface area (Å²) >= 11 is 1.36. The lowest BCUT2D eigenvalue weighted by Crippen LogP contribution is -2.42. The Morgan fingerprint density at radius 3 is 2.69 bits per heavy atom. The minimum atomic E-state index is -0.0770. The highest BCUT2D eigenvalue weighted by Crippen LogP contribution is 2.18. The molecule has 0 atom stereocenters. The van der Waals surface area contributed by atoms with E-state index in [1.807, 2.05) is 6.07 Å². The van der Waals surface area contributed by atoms with E-state index in [-0.39, 0.29) is 11.3 Å². The monoisotopic (exact) mass is 365 g/mol. The first-order chi connectivity index (χ1) is 12.7. The van der Waals surface area contributed by atoms with Gasteiger partial charge in [0.25, 0.3) is 5.56 Å². The van der Waals surface area contributed by atoms with E-state index in [9.17, 15) is 9.90 Å². The maximum absolute atomic E-state index is 12.8. The second-order valence-electron chi connectivity index (χ2n) is 6.19. The van der Waals surface area contributed by atoms with Gasteiger partial charge in [0.15, 0.2) is 4.80 Å². The van der Waals surface area contributed by atoms with Gasteiger partial charge >= 0.3 is 0 Å². The number of rotatable bonds is 3. The van der Waals surface area contributed by atoms with Crippen LogP contribution >= 0.6 is 11.3 Å². The van der Waals surface area contributed by atoms with Gasteiger partial charge < -0.3 is 10.0 Å². The van der Waals surface area contributed by atoms with Gasteiger partial charge in [-0.2, -0.15) is 0 Å². The molecular weight excluding hydrogens is 346 g/mol. The average Bonchev–Trinajstić information content (AvgIpc) is 2.99. The fourth-order valence-electron chi connectivity index (χ4n) is 2.97. The maximum atomic E-state index is 12.8. The molecule has 5 nitrogen and oxygen atoms in total. The Balaban J connectivity index is 1.69. The van der Waals surface area contributed by atoms with Gasteiger partial charge in [0, 0.05) is 11.3 Å². The summed E-state index contributed by atoms with van der Waals surface area (Å²) in [5.41, 5.74) is 2.90. The maximum Gasteiger partial charge on any atom is 0.271 e. The largest absolute Gasteiger partial charge is 0.507 e. The number of hydrogen-bond acceptors (Lipinski definition) is 5. The minimum Gasteiger partial charge on any atom is -0.507 e. The number of anilines is 1. The molecule has 1 aliphatic heterocycles. The predicted octanol–water partition coefficient (Wildman–Crippen LogP) is 2.06. The molecule has 1 N–H and O–H groups in total. The molecule has 0 saturated heterocycles. The van der Waals surface area contributed by atoms with Gasteiger partial charge in [-0.3, -0.25) is 9.36 Å². The van der Waals surface area contributed by atoms with Crippen molar-refractivity contribution in [3.63, 3.8) is 0 Å². The SMILES string of the molecule is CCc1ccc(N2CN=c3sc(=Cc4ccccc4O)c(=O)n3C2)cc1. The second kappa shape index (κ2) is 6.80. The van der Waals surface area contributed by atoms with E-state index in [4.69, 9.17) is 0 Å². The number of thiazole rings is 1. The summed E-state index contributed by atoms with van der Waals surface area (Å²) in [5.74, 6) is 0.165. The third-order valence-electron chi connectivity index (χ3n) is 4.51. The molecule has 3 aromatic rings. The van der Waals surface area contributed by atoms with Gasteiger partial charge in [-0.15, -0.1) is 0 Å². The summed E-state index contributed by atoms with van der Waals surface area (Å²) in [6.07, 6.45) is 2.73. The zero-order valence-corrected chi connectivity index (χ0v) is 15.2. The Morgan fingerprint density at radius 1 is 1.19 bits per heavy atom. The van der Waals surface area contributed by atoms with Crippen molar-refractivity contribution in [3.05, 3.63) is 79.3 Å². The molecule has 0 fully saturated rings. The Labute approximate surface area is 154 Å². The van der Waals surface area contributed by atoms with E-state index in [0.29, 0.717) is 23.4 Å². The molecule has 1 aromatic heterocycles. The zero-order chi connectivity index (χ0) is 18.1. The predicted molar refractivity (Wildman–Crippen MR) is 104 cm³/mol. The van der Waals surface area contributed by atoms with Crippen LogP contribution in [0.4, 0.5) is 5.69 Å². The van der Waals surface area contributed by atoms with Crippen LogP contribution in [0.5, 0.6) is 5.75 Å². The first-order valence-electron chi connectivity index (χ1n) is 8.53. The minimum absolute atomic E-state index is 0.0770. The zero-order valence-electron chi connectivity index (χ0n) is 14.4. The third kappa shape index (κ3) is 3.04. The molecule has 2 heterocycles. The summed E-state index contributed by atoms with van der Waals surface area (Å²) in [6.45, 7) is 3.14. The van der Waals surface area contributed by atoms with Gasteiger partial charge in [0.05, 0.1) is 4.53 Å². The van der Waals surface area contributed by atoms with E-state index in [2.05, 4.69) is 41.1 Å². The normalized spacial score (nSPS) is 14.2. The lowest BCUT2D eigenvalue weighted by Gasteiger charge is -2.25. The van der Waals surface area contributed by atoms with Gasteiger partial charge in [-0.1, -0.05) is 48.6 Å². The summed E-state index contributed by atoms with van der Waals surface area (Å²) in [6, 6.07) is 15.4. The average molecular weight is 365 g/mol. The quantitative estimate of drug-likeness (QED) is 0.773. The fourth-order valence-corrected chi connectivity index (χ4v) is 3.92. The molecular formula is C20H19N3O2S. The van der Waals surface area contributed by atoms with Gasteiger partial charge in [-0.25, -0.2) is 4.99 Å². The molecule has 2 aromatic carbocycles. The summed E-state index contributed by atoms with van der Waals surface area (Å²) < 4.78 is 2.27. The Morgan fingerprint density at radius 2 is 1.96 bits per heavy atom. The topological polar surface area (TPSA) is 57.8 Å². The van der Waals surface area contributed by atoms with Crippen molar-refractivity contribution >= 4 is 23.1 Å². The van der Waals surface area contributed by atoms with E-state index >= 15 is 0 Å². The van der Waals surface area contributed by atoms with Crippen molar-refractivity contribution in [1.82, 2.24) is 4.57 Å². The molecule has 0 radical (unpaired) electrons. The fraction of sp³-hybridized carbons (Fsp3) is 0.200. The molecule has 1 aliphatic rings. The standard InChI is InChI=1S/C20H19N3O2S/c1-2-14-7-9-16(10-8-14)22-12-21-20-23(13-22)19(25)18(26-20)11-15-5-3-4-6-17(15)24/h3-11,24H,2,12-13H2,1H3. The highest BCUT2D eigenvalue weighted by Gasteiger charge is 2.16. The number of phenols is 1. The van der Waals surface area contributed by atoms with Crippen molar-refractivity contribution in [1.29, 1.82) is 0 Å². The summed E-state index contributed by atoms with van der Waals surface area (Å²) in [7, 11) is 0. The molecule has 0 unspecified atom stereocenters. The Hall–Kier alpha value is -2.86. The van der Waals surface area contributed by atoms with Crippen molar-refractivity contribution in [2.24, 2.45) is 4.99 Å². The van der Waals surface area contributed by atoms with Crippen LogP contribution in [-0.4, -0.2) is 16.3 Å². The van der Waals surface area contributed by atoms with Crippen LogP contribution in [0.3, 0.4) is 0 Å². The molecule has 0 bridgehead atoms. The first-order valence-corrected chi connectivity index (χ1v) is 9.35. The van der Waals surface area contributed by atoms with Crippen molar-refractivity contribution < 1.29 is 5.11 Å². The van der Waals surface area contributed by atoms with E-state index < -0.39 is 0 Å². The molecule has 4 rings (SSSR count). The Bertz CT molecular complexity index is 1110. The lowest BCUT2D eigenvalue weighted by molar-refractivity contribution is 0.474. The first kappa shape index (κ1) is 16.6. The van der Waals surface area contributed by atoms with Gasteiger partial charge in [0.2, 0.25) is 0 Å². The number of fused-ring (bicyclic) bond motifs is 1. The lowest BCUT2D eigenvalue weighted by atomic mass is 10.1. The van der Waals surface area contributed by atoms with Crippen LogP contribution < -0.4 is 19.8 Å². The van der Waals surface area contributed by atoms with E-state index in [1.165, 1.54) is 16.9 Å². The summed E-state index contributed by atoms with van der Waals surface area (Å²) in [4.78, 5) is 20.1. The van der Waals surface area contributed by atoms with Crippen molar-refractivity contribution in [3.8, 4) is 5.75 Å². The molecule has 0 spiro atoms. The third-order valence-corrected chi connectivity index (χ3v) is 5.55. The van der Waals surface area contributed by atoms with Gasteiger partial charge in [-0.05, 0) is 36.3 Å². The van der Waals surface area contributed by atoms with Crippen LogP contribution in [-0.2, 0) is 13.1 Å². The van der Waals surface area contributed by atoms with Crippen LogP contribution in [0.2, 0.25) is 0 Å². The molecule has 0 amide bonds. The van der Waals surface area contributed by atoms with Crippen LogP contribution in [0.25, 0.3) is 6.08 Å². The molecule has 6 heteroatoms. The molecule has 26 heavy (non-hydrogen) atoms. The van der Waals surface area contributed by atoms with Crippen molar-refractivity contribution in [2.45, 2.75) is 20.0 Å². The Kier molecular flexibility index (Phi) is 4.34.